The fraction of sp³-hybridized carbons (Fsp3) is 0.714. The van der Waals surface area contributed by atoms with E-state index in [1.54, 1.807) is 26.8 Å². The Morgan fingerprint density at radius 2 is 1.95 bits per heavy atom. The zero-order valence-corrected chi connectivity index (χ0v) is 12.5. The molecule has 1 atom stereocenters. The van der Waals surface area contributed by atoms with Crippen molar-refractivity contribution in [3.63, 3.8) is 0 Å². The van der Waals surface area contributed by atoms with Crippen molar-refractivity contribution in [1.29, 1.82) is 0 Å². The Morgan fingerprint density at radius 1 is 1.37 bits per heavy atom. The Labute approximate surface area is 114 Å². The Hall–Kier alpha value is -1.52. The molecular weight excluding hydrogens is 246 g/mol. The summed E-state index contributed by atoms with van der Waals surface area (Å²) in [4.78, 5) is 25.3. The van der Waals surface area contributed by atoms with Gasteiger partial charge in [-0.2, -0.15) is 0 Å². The Bertz CT molecular complexity index is 393. The monoisotopic (exact) mass is 269 g/mol. The number of carbonyl (C=O) groups is 2. The van der Waals surface area contributed by atoms with Crippen LogP contribution in [-0.4, -0.2) is 42.3 Å². The highest BCUT2D eigenvalue weighted by atomic mass is 16.6. The lowest BCUT2D eigenvalue weighted by Crippen LogP contribution is -2.44. The lowest BCUT2D eigenvalue weighted by atomic mass is 10.0. The fourth-order valence-electron chi connectivity index (χ4n) is 1.83. The molecule has 0 aliphatic carbocycles. The molecule has 0 saturated carbocycles. The van der Waals surface area contributed by atoms with E-state index in [2.05, 4.69) is 0 Å². The number of hydrogen-bond donors (Lipinski definition) is 0. The molecule has 0 N–H and O–H groups in total. The predicted octanol–water partition coefficient (Wildman–Crippen LogP) is 2.36. The fourth-order valence-corrected chi connectivity index (χ4v) is 1.83. The molecule has 1 rings (SSSR count). The highest BCUT2D eigenvalue weighted by Crippen LogP contribution is 2.25. The maximum absolute atomic E-state index is 12.1. The third-order valence-electron chi connectivity index (χ3n) is 2.87. The van der Waals surface area contributed by atoms with Crippen molar-refractivity contribution in [2.75, 3.05) is 13.7 Å². The molecule has 0 bridgehead atoms. The molecule has 1 unspecified atom stereocenters. The van der Waals surface area contributed by atoms with Gasteiger partial charge in [0.2, 0.25) is 0 Å². The van der Waals surface area contributed by atoms with E-state index in [0.717, 1.165) is 5.57 Å². The summed E-state index contributed by atoms with van der Waals surface area (Å²) in [5.41, 5.74) is 0.458. The van der Waals surface area contributed by atoms with E-state index in [1.165, 1.54) is 12.0 Å². The van der Waals surface area contributed by atoms with E-state index < -0.39 is 23.7 Å². The first-order chi connectivity index (χ1) is 8.65. The van der Waals surface area contributed by atoms with Gasteiger partial charge in [-0.15, -0.1) is 0 Å². The Kier molecular flexibility index (Phi) is 4.61. The highest BCUT2D eigenvalue weighted by Gasteiger charge is 2.37. The third-order valence-corrected chi connectivity index (χ3v) is 2.87. The standard InChI is InChI=1S/C14H23NO4/c1-9(2)10-7-11(12(16)18-6)15(8-10)13(17)19-14(3,4)5/h7,9,11H,8H2,1-6H3. The Balaban J connectivity index is 2.88. The SMILES string of the molecule is COC(=O)C1C=C(C(C)C)CN1C(=O)OC(C)(C)C. The summed E-state index contributed by atoms with van der Waals surface area (Å²) in [6.45, 7) is 9.85. The average molecular weight is 269 g/mol. The van der Waals surface area contributed by atoms with Crippen molar-refractivity contribution in [2.24, 2.45) is 5.92 Å². The molecule has 1 amide bonds. The van der Waals surface area contributed by atoms with Gasteiger partial charge in [0.1, 0.15) is 5.60 Å². The quantitative estimate of drug-likeness (QED) is 0.570. The van der Waals surface area contributed by atoms with Crippen LogP contribution in [0.25, 0.3) is 0 Å². The molecule has 5 nitrogen and oxygen atoms in total. The minimum atomic E-state index is -0.683. The summed E-state index contributed by atoms with van der Waals surface area (Å²) in [6, 6.07) is -0.683. The van der Waals surface area contributed by atoms with Crippen LogP contribution in [-0.2, 0) is 14.3 Å². The number of ether oxygens (including phenoxy) is 2. The maximum atomic E-state index is 12.1. The molecule has 0 radical (unpaired) electrons. The second-order valence-corrected chi connectivity index (χ2v) is 5.97. The van der Waals surface area contributed by atoms with E-state index in [-0.39, 0.29) is 5.92 Å². The van der Waals surface area contributed by atoms with Crippen molar-refractivity contribution in [3.8, 4) is 0 Å². The minimum absolute atomic E-state index is 0.277. The summed E-state index contributed by atoms with van der Waals surface area (Å²) >= 11 is 0. The van der Waals surface area contributed by atoms with Gasteiger partial charge in [0.05, 0.1) is 7.11 Å². The number of esters is 1. The van der Waals surface area contributed by atoms with Crippen LogP contribution in [0.1, 0.15) is 34.6 Å². The topological polar surface area (TPSA) is 55.8 Å². The average Bonchev–Trinajstić information content (AvgIpc) is 2.70. The smallest absolute Gasteiger partial charge is 0.411 e. The summed E-state index contributed by atoms with van der Waals surface area (Å²) in [7, 11) is 1.32. The van der Waals surface area contributed by atoms with Gasteiger partial charge < -0.3 is 9.47 Å². The molecule has 1 heterocycles. The van der Waals surface area contributed by atoms with Crippen LogP contribution in [0.3, 0.4) is 0 Å². The number of amides is 1. The van der Waals surface area contributed by atoms with E-state index in [4.69, 9.17) is 9.47 Å². The number of carbonyl (C=O) groups excluding carboxylic acids is 2. The van der Waals surface area contributed by atoms with Crippen LogP contribution in [0, 0.1) is 5.92 Å². The molecule has 0 aromatic rings. The van der Waals surface area contributed by atoms with Gasteiger partial charge in [0.15, 0.2) is 6.04 Å². The first-order valence-electron chi connectivity index (χ1n) is 6.43. The molecule has 19 heavy (non-hydrogen) atoms. The lowest BCUT2D eigenvalue weighted by Gasteiger charge is -2.27. The molecule has 0 aromatic heterocycles. The van der Waals surface area contributed by atoms with Gasteiger partial charge in [-0.1, -0.05) is 13.8 Å². The van der Waals surface area contributed by atoms with Gasteiger partial charge in [0.25, 0.3) is 0 Å². The van der Waals surface area contributed by atoms with E-state index >= 15 is 0 Å². The molecule has 108 valence electrons. The molecule has 1 aliphatic rings. The van der Waals surface area contributed by atoms with Crippen LogP contribution in [0.5, 0.6) is 0 Å². The largest absolute Gasteiger partial charge is 0.467 e. The first-order valence-corrected chi connectivity index (χ1v) is 6.43. The van der Waals surface area contributed by atoms with Crippen molar-refractivity contribution >= 4 is 12.1 Å². The predicted molar refractivity (Wildman–Crippen MR) is 71.7 cm³/mol. The lowest BCUT2D eigenvalue weighted by molar-refractivity contribution is -0.144. The molecule has 0 aromatic carbocycles. The zero-order valence-electron chi connectivity index (χ0n) is 12.5. The minimum Gasteiger partial charge on any atom is -0.467 e. The highest BCUT2D eigenvalue weighted by molar-refractivity contribution is 5.85. The normalized spacial score (nSPS) is 19.4. The van der Waals surface area contributed by atoms with Crippen molar-refractivity contribution in [3.05, 3.63) is 11.6 Å². The van der Waals surface area contributed by atoms with Crippen LogP contribution >= 0.6 is 0 Å². The maximum Gasteiger partial charge on any atom is 0.411 e. The molecule has 0 fully saturated rings. The number of nitrogens with zero attached hydrogens (tertiary/aromatic N) is 1. The molecule has 0 spiro atoms. The van der Waals surface area contributed by atoms with Gasteiger partial charge in [-0.25, -0.2) is 9.59 Å². The Morgan fingerprint density at radius 3 is 2.37 bits per heavy atom. The zero-order chi connectivity index (χ0) is 14.8. The van der Waals surface area contributed by atoms with Crippen LogP contribution < -0.4 is 0 Å². The molecule has 0 saturated heterocycles. The summed E-state index contributed by atoms with van der Waals surface area (Å²) in [5, 5.41) is 0. The van der Waals surface area contributed by atoms with Crippen molar-refractivity contribution in [1.82, 2.24) is 4.90 Å². The summed E-state index contributed by atoms with van der Waals surface area (Å²) in [6.07, 6.45) is 1.30. The summed E-state index contributed by atoms with van der Waals surface area (Å²) in [5.74, 6) is -0.166. The second-order valence-electron chi connectivity index (χ2n) is 5.97. The van der Waals surface area contributed by atoms with Gasteiger partial charge in [-0.05, 0) is 38.3 Å². The van der Waals surface area contributed by atoms with Crippen molar-refractivity contribution < 1.29 is 19.1 Å². The van der Waals surface area contributed by atoms with E-state index in [9.17, 15) is 9.59 Å². The van der Waals surface area contributed by atoms with Gasteiger partial charge in [-0.3, -0.25) is 4.90 Å². The number of hydrogen-bond acceptors (Lipinski definition) is 4. The van der Waals surface area contributed by atoms with Crippen LogP contribution in [0.4, 0.5) is 4.79 Å². The van der Waals surface area contributed by atoms with E-state index in [1.807, 2.05) is 13.8 Å². The van der Waals surface area contributed by atoms with Crippen molar-refractivity contribution in [2.45, 2.75) is 46.3 Å². The number of methoxy groups -OCH3 is 1. The number of rotatable bonds is 2. The second kappa shape index (κ2) is 5.63. The van der Waals surface area contributed by atoms with Gasteiger partial charge >= 0.3 is 12.1 Å². The van der Waals surface area contributed by atoms with Crippen LogP contribution in [0.2, 0.25) is 0 Å². The van der Waals surface area contributed by atoms with Gasteiger partial charge in [0, 0.05) is 6.54 Å². The molecule has 5 heteroatoms. The summed E-state index contributed by atoms with van der Waals surface area (Å²) < 4.78 is 10.1. The first kappa shape index (κ1) is 15.5. The molecule has 1 aliphatic heterocycles. The molecular formula is C14H23NO4. The van der Waals surface area contributed by atoms with Crippen LogP contribution in [0.15, 0.2) is 11.6 Å². The third kappa shape index (κ3) is 3.98. The van der Waals surface area contributed by atoms with E-state index in [0.29, 0.717) is 6.54 Å².